The van der Waals surface area contributed by atoms with Crippen LogP contribution in [0.15, 0.2) is 18.2 Å². The topological polar surface area (TPSA) is 38.9 Å². The van der Waals surface area contributed by atoms with Crippen molar-refractivity contribution in [3.63, 3.8) is 0 Å². The summed E-state index contributed by atoms with van der Waals surface area (Å²) in [4.78, 5) is 5.76. The van der Waals surface area contributed by atoms with Crippen molar-refractivity contribution in [1.29, 1.82) is 0 Å². The molecule has 0 aliphatic rings. The van der Waals surface area contributed by atoms with Crippen molar-refractivity contribution >= 4 is 34.5 Å². The Morgan fingerprint density at radius 1 is 1.21 bits per heavy atom. The van der Waals surface area contributed by atoms with Crippen molar-refractivity contribution < 1.29 is 0 Å². The van der Waals surface area contributed by atoms with Crippen molar-refractivity contribution in [3.05, 3.63) is 49.4 Å². The lowest BCUT2D eigenvalue weighted by Crippen LogP contribution is -2.25. The van der Waals surface area contributed by atoms with Crippen LogP contribution in [0, 0.1) is 13.8 Å². The highest BCUT2D eigenvalue weighted by Gasteiger charge is 2.13. The van der Waals surface area contributed by atoms with E-state index in [-0.39, 0.29) is 6.04 Å². The van der Waals surface area contributed by atoms with E-state index in [4.69, 9.17) is 28.9 Å². The molecule has 1 heterocycles. The summed E-state index contributed by atoms with van der Waals surface area (Å²) in [6.45, 7) is 4.10. The summed E-state index contributed by atoms with van der Waals surface area (Å²) in [6.07, 6.45) is 1.41. The average Bonchev–Trinajstić information content (AvgIpc) is 2.63. The molecule has 1 aromatic heterocycles. The number of rotatable bonds is 4. The Balaban J connectivity index is 2.07. The normalized spacial score (nSPS) is 12.7. The van der Waals surface area contributed by atoms with E-state index in [0.717, 1.165) is 22.7 Å². The largest absolute Gasteiger partial charge is 0.327 e. The maximum Gasteiger partial charge on any atom is 0.0946 e. The van der Waals surface area contributed by atoms with E-state index in [2.05, 4.69) is 11.9 Å². The summed E-state index contributed by atoms with van der Waals surface area (Å²) in [6, 6.07) is 5.50. The summed E-state index contributed by atoms with van der Waals surface area (Å²) in [5.41, 5.74) is 8.19. The van der Waals surface area contributed by atoms with Gasteiger partial charge >= 0.3 is 0 Å². The van der Waals surface area contributed by atoms with Crippen LogP contribution in [0.3, 0.4) is 0 Å². The highest BCUT2D eigenvalue weighted by molar-refractivity contribution is 7.11. The number of nitrogens with two attached hydrogens (primary N) is 1. The summed E-state index contributed by atoms with van der Waals surface area (Å²) in [7, 11) is 0. The molecule has 1 unspecified atom stereocenters. The monoisotopic (exact) mass is 314 g/mol. The van der Waals surface area contributed by atoms with Gasteiger partial charge in [-0.2, -0.15) is 0 Å². The zero-order chi connectivity index (χ0) is 14.0. The van der Waals surface area contributed by atoms with E-state index in [9.17, 15) is 0 Å². The summed E-state index contributed by atoms with van der Waals surface area (Å²) >= 11 is 14.0. The fourth-order valence-corrected chi connectivity index (χ4v) is 3.49. The predicted octanol–water partition coefficient (Wildman–Crippen LogP) is 4.18. The fourth-order valence-electron chi connectivity index (χ4n) is 1.91. The molecule has 102 valence electrons. The third-order valence-corrected chi connectivity index (χ3v) is 4.84. The van der Waals surface area contributed by atoms with Crippen molar-refractivity contribution in [2.45, 2.75) is 32.7 Å². The standard InChI is InChI=1S/C14H16Cl2N2S/c1-8-9(2)19-14(18-8)7-10(17)6-11-12(15)4-3-5-13(11)16/h3-5,10H,6-7,17H2,1-2H3. The second-order valence-corrected chi connectivity index (χ2v) is 6.72. The second-order valence-electron chi connectivity index (χ2n) is 4.62. The molecule has 1 aromatic carbocycles. The molecule has 2 N–H and O–H groups in total. The highest BCUT2D eigenvalue weighted by Crippen LogP contribution is 2.26. The average molecular weight is 315 g/mol. The summed E-state index contributed by atoms with van der Waals surface area (Å²) in [5.74, 6) is 0. The quantitative estimate of drug-likeness (QED) is 0.919. The molecule has 5 heteroatoms. The highest BCUT2D eigenvalue weighted by atomic mass is 35.5. The zero-order valence-electron chi connectivity index (χ0n) is 10.9. The smallest absolute Gasteiger partial charge is 0.0946 e. The number of benzene rings is 1. The third-order valence-electron chi connectivity index (χ3n) is 3.04. The number of hydrogen-bond acceptors (Lipinski definition) is 3. The molecule has 0 amide bonds. The predicted molar refractivity (Wildman–Crippen MR) is 83.4 cm³/mol. The number of nitrogens with zero attached hydrogens (tertiary/aromatic N) is 1. The van der Waals surface area contributed by atoms with Crippen LogP contribution in [0.4, 0.5) is 0 Å². The Kier molecular flexibility index (Phi) is 4.85. The van der Waals surface area contributed by atoms with E-state index in [1.807, 2.05) is 25.1 Å². The molecule has 2 nitrogen and oxygen atoms in total. The molecule has 0 radical (unpaired) electrons. The van der Waals surface area contributed by atoms with Gasteiger partial charge in [-0.25, -0.2) is 4.98 Å². The van der Waals surface area contributed by atoms with Crippen molar-refractivity contribution in [2.75, 3.05) is 0 Å². The van der Waals surface area contributed by atoms with Crippen LogP contribution in [0.1, 0.15) is 21.1 Å². The van der Waals surface area contributed by atoms with Gasteiger partial charge < -0.3 is 5.73 Å². The first kappa shape index (κ1) is 14.8. The molecule has 0 aliphatic heterocycles. The van der Waals surface area contributed by atoms with Crippen LogP contribution in [0.25, 0.3) is 0 Å². The Bertz CT molecular complexity index is 541. The Morgan fingerprint density at radius 2 is 1.84 bits per heavy atom. The maximum atomic E-state index is 6.18. The van der Waals surface area contributed by atoms with Gasteiger partial charge in [0.05, 0.1) is 10.7 Å². The number of hydrogen-bond donors (Lipinski definition) is 1. The van der Waals surface area contributed by atoms with Gasteiger partial charge in [0.1, 0.15) is 0 Å². The van der Waals surface area contributed by atoms with Crippen LogP contribution in [0.5, 0.6) is 0 Å². The molecule has 0 fully saturated rings. The molecule has 2 aromatic rings. The van der Waals surface area contributed by atoms with Gasteiger partial charge in [0.2, 0.25) is 0 Å². The van der Waals surface area contributed by atoms with Gasteiger partial charge in [-0.3, -0.25) is 0 Å². The summed E-state index contributed by atoms with van der Waals surface area (Å²) in [5, 5.41) is 2.43. The van der Waals surface area contributed by atoms with Crippen LogP contribution in [0.2, 0.25) is 10.0 Å². The lowest BCUT2D eigenvalue weighted by molar-refractivity contribution is 0.661. The third kappa shape index (κ3) is 3.69. The number of thiazole rings is 1. The van der Waals surface area contributed by atoms with Crippen molar-refractivity contribution in [1.82, 2.24) is 4.98 Å². The zero-order valence-corrected chi connectivity index (χ0v) is 13.2. The molecule has 1 atom stereocenters. The first-order chi connectivity index (χ1) is 8.97. The molecular formula is C14H16Cl2N2S. The minimum atomic E-state index is -0.0256. The van der Waals surface area contributed by atoms with Crippen molar-refractivity contribution in [3.8, 4) is 0 Å². The first-order valence-corrected chi connectivity index (χ1v) is 7.66. The Morgan fingerprint density at radius 3 is 2.37 bits per heavy atom. The molecule has 0 aliphatic carbocycles. The minimum Gasteiger partial charge on any atom is -0.327 e. The van der Waals surface area contributed by atoms with Crippen LogP contribution in [-0.2, 0) is 12.8 Å². The maximum absolute atomic E-state index is 6.18. The van der Waals surface area contributed by atoms with Crippen LogP contribution >= 0.6 is 34.5 Å². The molecule has 2 rings (SSSR count). The van der Waals surface area contributed by atoms with Gasteiger partial charge in [-0.05, 0) is 38.0 Å². The van der Waals surface area contributed by atoms with Gasteiger partial charge in [0.25, 0.3) is 0 Å². The summed E-state index contributed by atoms with van der Waals surface area (Å²) < 4.78 is 0. The molecule has 0 saturated carbocycles. The fraction of sp³-hybridized carbons (Fsp3) is 0.357. The van der Waals surface area contributed by atoms with Crippen LogP contribution < -0.4 is 5.73 Å². The Labute approximate surface area is 127 Å². The van der Waals surface area contributed by atoms with Crippen LogP contribution in [-0.4, -0.2) is 11.0 Å². The van der Waals surface area contributed by atoms with Gasteiger partial charge in [0, 0.05) is 27.4 Å². The van der Waals surface area contributed by atoms with E-state index in [1.165, 1.54) is 4.88 Å². The number of aryl methyl sites for hydroxylation is 2. The van der Waals surface area contributed by atoms with Gasteiger partial charge in [0.15, 0.2) is 0 Å². The van der Waals surface area contributed by atoms with Crippen molar-refractivity contribution in [2.24, 2.45) is 5.73 Å². The van der Waals surface area contributed by atoms with E-state index < -0.39 is 0 Å². The SMILES string of the molecule is Cc1nc(CC(N)Cc2c(Cl)cccc2Cl)sc1C. The molecule has 0 spiro atoms. The molecule has 0 saturated heterocycles. The van der Waals surface area contributed by atoms with Gasteiger partial charge in [-0.1, -0.05) is 29.3 Å². The molecule has 19 heavy (non-hydrogen) atoms. The van der Waals surface area contributed by atoms with E-state index in [1.54, 1.807) is 11.3 Å². The number of aromatic nitrogens is 1. The molecular weight excluding hydrogens is 299 g/mol. The lowest BCUT2D eigenvalue weighted by atomic mass is 10.0. The number of halogens is 2. The van der Waals surface area contributed by atoms with E-state index >= 15 is 0 Å². The van der Waals surface area contributed by atoms with E-state index in [0.29, 0.717) is 16.5 Å². The Hall–Kier alpha value is -0.610. The second kappa shape index (κ2) is 6.23. The molecule has 0 bridgehead atoms. The lowest BCUT2D eigenvalue weighted by Gasteiger charge is -2.12. The first-order valence-electron chi connectivity index (χ1n) is 6.08. The van der Waals surface area contributed by atoms with Gasteiger partial charge in [-0.15, -0.1) is 11.3 Å². The minimum absolute atomic E-state index is 0.0256.